The lowest BCUT2D eigenvalue weighted by molar-refractivity contribution is 0.566. The van der Waals surface area contributed by atoms with E-state index >= 15 is 0 Å². The van der Waals surface area contributed by atoms with Crippen molar-refractivity contribution in [3.63, 3.8) is 0 Å². The van der Waals surface area contributed by atoms with Crippen LogP contribution in [-0.2, 0) is 0 Å². The quantitative estimate of drug-likeness (QED) is 0.553. The van der Waals surface area contributed by atoms with E-state index in [0.29, 0.717) is 17.1 Å². The van der Waals surface area contributed by atoms with Crippen LogP contribution in [0.15, 0.2) is 47.1 Å². The zero-order chi connectivity index (χ0) is 17.5. The summed E-state index contributed by atoms with van der Waals surface area (Å²) in [6, 6.07) is 8.94. The molecule has 0 radical (unpaired) electrons. The third-order valence-corrected chi connectivity index (χ3v) is 4.67. The molecular formula is C18H17FN6O. The molecule has 132 valence electrons. The summed E-state index contributed by atoms with van der Waals surface area (Å²) in [5, 5.41) is 4.62. The van der Waals surface area contributed by atoms with Crippen LogP contribution in [0.1, 0.15) is 6.42 Å². The van der Waals surface area contributed by atoms with E-state index < -0.39 is 0 Å². The van der Waals surface area contributed by atoms with Crippen LogP contribution >= 0.6 is 0 Å². The van der Waals surface area contributed by atoms with Gasteiger partial charge in [-0.1, -0.05) is 0 Å². The number of imidazole rings is 1. The maximum absolute atomic E-state index is 13.4. The maximum atomic E-state index is 13.4. The zero-order valence-corrected chi connectivity index (χ0v) is 14.0. The number of oxazole rings is 1. The summed E-state index contributed by atoms with van der Waals surface area (Å²) >= 11 is 0. The molecule has 0 bridgehead atoms. The second kappa shape index (κ2) is 5.98. The van der Waals surface area contributed by atoms with E-state index in [1.807, 2.05) is 18.3 Å². The number of rotatable bonds is 2. The predicted molar refractivity (Wildman–Crippen MR) is 96.0 cm³/mol. The summed E-state index contributed by atoms with van der Waals surface area (Å²) in [4.78, 5) is 13.1. The highest BCUT2D eigenvalue weighted by molar-refractivity contribution is 5.74. The third kappa shape index (κ3) is 2.63. The van der Waals surface area contributed by atoms with Crippen molar-refractivity contribution in [3.05, 3.63) is 48.5 Å². The van der Waals surface area contributed by atoms with Crippen LogP contribution in [-0.4, -0.2) is 45.8 Å². The molecule has 3 aromatic heterocycles. The van der Waals surface area contributed by atoms with E-state index in [2.05, 4.69) is 24.9 Å². The standard InChI is InChI=1S/C18H17FN6O/c19-13-2-3-14-15(12-13)26-18(21-14)24-8-1-7-23(10-11-24)17-5-4-16-20-6-9-25(16)22-17/h2-6,9,12H,1,7-8,10-11H2. The van der Waals surface area contributed by atoms with Gasteiger partial charge in [-0.15, -0.1) is 5.10 Å². The highest BCUT2D eigenvalue weighted by atomic mass is 19.1. The van der Waals surface area contributed by atoms with E-state index in [1.165, 1.54) is 12.1 Å². The van der Waals surface area contributed by atoms with Crippen LogP contribution in [0.25, 0.3) is 16.7 Å². The molecule has 1 saturated heterocycles. The van der Waals surface area contributed by atoms with Crippen molar-refractivity contribution in [3.8, 4) is 0 Å². The molecule has 1 aromatic carbocycles. The Bertz CT molecular complexity index is 1070. The van der Waals surface area contributed by atoms with Gasteiger partial charge in [-0.25, -0.2) is 13.9 Å². The number of nitrogens with zero attached hydrogens (tertiary/aromatic N) is 6. The largest absolute Gasteiger partial charge is 0.423 e. The van der Waals surface area contributed by atoms with Crippen molar-refractivity contribution in [2.45, 2.75) is 6.42 Å². The van der Waals surface area contributed by atoms with Crippen LogP contribution in [0.3, 0.4) is 0 Å². The summed E-state index contributed by atoms with van der Waals surface area (Å²) in [5.74, 6) is 0.611. The van der Waals surface area contributed by atoms with Gasteiger partial charge in [0.2, 0.25) is 0 Å². The summed E-state index contributed by atoms with van der Waals surface area (Å²) in [5.41, 5.74) is 1.99. The van der Waals surface area contributed by atoms with Crippen molar-refractivity contribution in [2.75, 3.05) is 36.0 Å². The predicted octanol–water partition coefficient (Wildman–Crippen LogP) is 2.73. The highest BCUT2D eigenvalue weighted by Crippen LogP contribution is 2.24. The summed E-state index contributed by atoms with van der Waals surface area (Å²) in [6.07, 6.45) is 4.55. The minimum atomic E-state index is -0.316. The van der Waals surface area contributed by atoms with E-state index in [-0.39, 0.29) is 5.82 Å². The van der Waals surface area contributed by atoms with Crippen molar-refractivity contribution in [2.24, 2.45) is 0 Å². The number of hydrogen-bond donors (Lipinski definition) is 0. The Hall–Kier alpha value is -3.16. The number of hydrogen-bond acceptors (Lipinski definition) is 6. The molecule has 5 rings (SSSR count). The maximum Gasteiger partial charge on any atom is 0.298 e. The van der Waals surface area contributed by atoms with Gasteiger partial charge in [0.1, 0.15) is 17.2 Å². The molecule has 0 atom stereocenters. The lowest BCUT2D eigenvalue weighted by Crippen LogP contribution is -2.31. The SMILES string of the molecule is Fc1ccc2nc(N3CCCN(c4ccc5nccn5n4)CC3)oc2c1. The first kappa shape index (κ1) is 15.1. The molecule has 1 aliphatic heterocycles. The topological polar surface area (TPSA) is 62.7 Å². The Morgan fingerprint density at radius 3 is 2.85 bits per heavy atom. The van der Waals surface area contributed by atoms with E-state index in [4.69, 9.17) is 4.42 Å². The van der Waals surface area contributed by atoms with Crippen molar-refractivity contribution < 1.29 is 8.81 Å². The number of fused-ring (bicyclic) bond motifs is 2. The fourth-order valence-electron chi connectivity index (χ4n) is 3.33. The summed E-state index contributed by atoms with van der Waals surface area (Å²) < 4.78 is 20.9. The van der Waals surface area contributed by atoms with Crippen molar-refractivity contribution in [1.29, 1.82) is 0 Å². The Morgan fingerprint density at radius 2 is 1.88 bits per heavy atom. The normalized spacial score (nSPS) is 15.7. The second-order valence-corrected chi connectivity index (χ2v) is 6.36. The van der Waals surface area contributed by atoms with E-state index in [1.54, 1.807) is 16.8 Å². The lowest BCUT2D eigenvalue weighted by atomic mass is 10.3. The lowest BCUT2D eigenvalue weighted by Gasteiger charge is -2.21. The molecule has 26 heavy (non-hydrogen) atoms. The number of benzene rings is 1. The molecule has 4 aromatic rings. The molecule has 0 aliphatic carbocycles. The second-order valence-electron chi connectivity index (χ2n) is 6.36. The monoisotopic (exact) mass is 352 g/mol. The van der Waals surface area contributed by atoms with Gasteiger partial charge in [0.15, 0.2) is 11.2 Å². The van der Waals surface area contributed by atoms with Gasteiger partial charge in [-0.3, -0.25) is 0 Å². The van der Waals surface area contributed by atoms with Gasteiger partial charge in [-0.05, 0) is 30.7 Å². The van der Waals surface area contributed by atoms with Gasteiger partial charge in [-0.2, -0.15) is 4.98 Å². The van der Waals surface area contributed by atoms with Crippen LogP contribution in [0.4, 0.5) is 16.2 Å². The fourth-order valence-corrected chi connectivity index (χ4v) is 3.33. The van der Waals surface area contributed by atoms with Crippen LogP contribution in [0, 0.1) is 5.82 Å². The molecule has 0 amide bonds. The first-order valence-electron chi connectivity index (χ1n) is 8.63. The average Bonchev–Trinajstić information content (AvgIpc) is 3.20. The first-order valence-corrected chi connectivity index (χ1v) is 8.63. The molecule has 1 aliphatic rings. The third-order valence-electron chi connectivity index (χ3n) is 4.67. The molecular weight excluding hydrogens is 335 g/mol. The van der Waals surface area contributed by atoms with E-state index in [9.17, 15) is 4.39 Å². The van der Waals surface area contributed by atoms with Gasteiger partial charge in [0.05, 0.1) is 0 Å². The minimum absolute atomic E-state index is 0.316. The summed E-state index contributed by atoms with van der Waals surface area (Å²) in [6.45, 7) is 3.30. The van der Waals surface area contributed by atoms with Gasteiger partial charge in [0, 0.05) is 44.6 Å². The number of halogens is 1. The number of aromatic nitrogens is 4. The molecule has 0 unspecified atom stereocenters. The molecule has 0 saturated carbocycles. The Balaban J connectivity index is 1.37. The average molecular weight is 352 g/mol. The zero-order valence-electron chi connectivity index (χ0n) is 14.0. The molecule has 7 nitrogen and oxygen atoms in total. The molecule has 0 N–H and O–H groups in total. The van der Waals surface area contributed by atoms with Gasteiger partial charge in [0.25, 0.3) is 6.01 Å². The Morgan fingerprint density at radius 1 is 1.00 bits per heavy atom. The van der Waals surface area contributed by atoms with Gasteiger partial charge >= 0.3 is 0 Å². The molecule has 8 heteroatoms. The van der Waals surface area contributed by atoms with E-state index in [0.717, 1.165) is 44.1 Å². The Kier molecular flexibility index (Phi) is 3.48. The summed E-state index contributed by atoms with van der Waals surface area (Å²) in [7, 11) is 0. The van der Waals surface area contributed by atoms with Gasteiger partial charge < -0.3 is 14.2 Å². The highest BCUT2D eigenvalue weighted by Gasteiger charge is 2.20. The first-order chi connectivity index (χ1) is 12.8. The van der Waals surface area contributed by atoms with Crippen LogP contribution in [0.2, 0.25) is 0 Å². The smallest absolute Gasteiger partial charge is 0.298 e. The van der Waals surface area contributed by atoms with Crippen LogP contribution in [0.5, 0.6) is 0 Å². The molecule has 4 heterocycles. The van der Waals surface area contributed by atoms with Crippen molar-refractivity contribution in [1.82, 2.24) is 19.6 Å². The fraction of sp³-hybridized carbons (Fsp3) is 0.278. The van der Waals surface area contributed by atoms with Crippen molar-refractivity contribution >= 4 is 28.6 Å². The molecule has 1 fully saturated rings. The van der Waals surface area contributed by atoms with Crippen LogP contribution < -0.4 is 9.80 Å². The Labute approximate surface area is 148 Å². The molecule has 0 spiro atoms. The minimum Gasteiger partial charge on any atom is -0.423 e. The number of anilines is 2.